The number of carbonyl (C=O) groups is 2. The predicted octanol–water partition coefficient (Wildman–Crippen LogP) is 0.550. The van der Waals surface area contributed by atoms with Gasteiger partial charge in [0.2, 0.25) is 0 Å². The molecule has 0 aromatic rings. The lowest BCUT2D eigenvalue weighted by Gasteiger charge is -2.34. The summed E-state index contributed by atoms with van der Waals surface area (Å²) in [5.41, 5.74) is -1.10. The molecule has 0 aromatic heterocycles. The number of hydrogen-bond acceptors (Lipinski definition) is 3. The molecule has 1 saturated carbocycles. The van der Waals surface area contributed by atoms with E-state index in [1.165, 1.54) is 4.90 Å². The van der Waals surface area contributed by atoms with Crippen molar-refractivity contribution in [3.05, 3.63) is 0 Å². The third-order valence-electron chi connectivity index (χ3n) is 3.90. The van der Waals surface area contributed by atoms with Gasteiger partial charge in [-0.15, -0.1) is 0 Å². The van der Waals surface area contributed by atoms with Gasteiger partial charge in [0.15, 0.2) is 0 Å². The van der Waals surface area contributed by atoms with Gasteiger partial charge in [0.1, 0.15) is 5.54 Å². The minimum atomic E-state index is -1.10. The SMILES string of the molecule is O=C(NC1(C(=O)O)CCCC1)N1CCCC(O)C1. The number of carboxylic acids is 1. The molecule has 1 aliphatic carbocycles. The first-order valence-electron chi connectivity index (χ1n) is 6.52. The van der Waals surface area contributed by atoms with Gasteiger partial charge >= 0.3 is 12.0 Å². The fourth-order valence-corrected chi connectivity index (χ4v) is 2.79. The fourth-order valence-electron chi connectivity index (χ4n) is 2.79. The van der Waals surface area contributed by atoms with E-state index in [1.54, 1.807) is 0 Å². The van der Waals surface area contributed by atoms with E-state index in [-0.39, 0.29) is 6.03 Å². The van der Waals surface area contributed by atoms with Crippen molar-refractivity contribution in [2.45, 2.75) is 50.2 Å². The number of piperidine rings is 1. The van der Waals surface area contributed by atoms with E-state index < -0.39 is 17.6 Å². The standard InChI is InChI=1S/C12H20N2O4/c15-9-4-3-7-14(8-9)11(18)13-12(10(16)17)5-1-2-6-12/h9,15H,1-8H2,(H,13,18)(H,16,17). The van der Waals surface area contributed by atoms with Crippen LogP contribution in [-0.2, 0) is 4.79 Å². The molecule has 6 nitrogen and oxygen atoms in total. The summed E-state index contributed by atoms with van der Waals surface area (Å²) in [6.45, 7) is 0.875. The normalized spacial score (nSPS) is 26.9. The molecule has 102 valence electrons. The smallest absolute Gasteiger partial charge is 0.329 e. The van der Waals surface area contributed by atoms with Crippen molar-refractivity contribution in [2.24, 2.45) is 0 Å². The number of aliphatic hydroxyl groups is 1. The molecule has 1 atom stereocenters. The van der Waals surface area contributed by atoms with Crippen LogP contribution in [0.4, 0.5) is 4.79 Å². The van der Waals surface area contributed by atoms with Crippen LogP contribution in [-0.4, -0.2) is 51.8 Å². The number of nitrogens with zero attached hydrogens (tertiary/aromatic N) is 1. The lowest BCUT2D eigenvalue weighted by Crippen LogP contribution is -2.58. The zero-order valence-corrected chi connectivity index (χ0v) is 10.4. The Bertz CT molecular complexity index is 339. The number of nitrogens with one attached hydrogen (secondary N) is 1. The summed E-state index contributed by atoms with van der Waals surface area (Å²) < 4.78 is 0. The largest absolute Gasteiger partial charge is 0.480 e. The van der Waals surface area contributed by atoms with Gasteiger partial charge in [0.25, 0.3) is 0 Å². The maximum atomic E-state index is 12.0. The zero-order chi connectivity index (χ0) is 13.2. The van der Waals surface area contributed by atoms with E-state index in [9.17, 15) is 19.8 Å². The van der Waals surface area contributed by atoms with Crippen LogP contribution in [0.3, 0.4) is 0 Å². The molecule has 0 bridgehead atoms. The molecule has 2 fully saturated rings. The first kappa shape index (κ1) is 13.1. The Morgan fingerprint density at radius 1 is 1.22 bits per heavy atom. The maximum Gasteiger partial charge on any atom is 0.329 e. The Morgan fingerprint density at radius 3 is 2.44 bits per heavy atom. The minimum absolute atomic E-state index is 0.293. The number of likely N-dealkylation sites (tertiary alicyclic amines) is 1. The van der Waals surface area contributed by atoms with Crippen LogP contribution in [0.1, 0.15) is 38.5 Å². The Kier molecular flexibility index (Phi) is 3.75. The summed E-state index contributed by atoms with van der Waals surface area (Å²) in [6.07, 6.45) is 3.61. The van der Waals surface area contributed by atoms with Gasteiger partial charge in [-0.3, -0.25) is 0 Å². The second-order valence-electron chi connectivity index (χ2n) is 5.27. The van der Waals surface area contributed by atoms with Crippen LogP contribution < -0.4 is 5.32 Å². The molecule has 3 N–H and O–H groups in total. The highest BCUT2D eigenvalue weighted by molar-refractivity contribution is 5.86. The molecule has 2 rings (SSSR count). The summed E-state index contributed by atoms with van der Waals surface area (Å²) in [5.74, 6) is -0.953. The van der Waals surface area contributed by atoms with Crippen molar-refractivity contribution in [1.82, 2.24) is 10.2 Å². The first-order valence-corrected chi connectivity index (χ1v) is 6.52. The lowest BCUT2D eigenvalue weighted by atomic mass is 9.98. The number of β-amino-alcohol motifs (C(OH)–C–C–N with tert-alkyl or cyclic N) is 1. The van der Waals surface area contributed by atoms with Gasteiger partial charge in [-0.2, -0.15) is 0 Å². The third-order valence-corrected chi connectivity index (χ3v) is 3.90. The number of carbonyl (C=O) groups excluding carboxylic acids is 1. The number of urea groups is 1. The monoisotopic (exact) mass is 256 g/mol. The number of rotatable bonds is 2. The average molecular weight is 256 g/mol. The molecular weight excluding hydrogens is 236 g/mol. The zero-order valence-electron chi connectivity index (χ0n) is 10.4. The quantitative estimate of drug-likeness (QED) is 0.673. The molecule has 0 aromatic carbocycles. The summed E-state index contributed by atoms with van der Waals surface area (Å²) in [7, 11) is 0. The van der Waals surface area contributed by atoms with E-state index in [0.29, 0.717) is 32.4 Å². The second-order valence-corrected chi connectivity index (χ2v) is 5.27. The molecule has 1 unspecified atom stereocenters. The van der Waals surface area contributed by atoms with E-state index in [0.717, 1.165) is 19.3 Å². The van der Waals surface area contributed by atoms with Crippen LogP contribution >= 0.6 is 0 Å². The summed E-state index contributed by atoms with van der Waals surface area (Å²) >= 11 is 0. The highest BCUT2D eigenvalue weighted by Crippen LogP contribution is 2.30. The van der Waals surface area contributed by atoms with E-state index >= 15 is 0 Å². The van der Waals surface area contributed by atoms with Crippen molar-refractivity contribution >= 4 is 12.0 Å². The minimum Gasteiger partial charge on any atom is -0.480 e. The van der Waals surface area contributed by atoms with Gasteiger partial charge in [0.05, 0.1) is 6.10 Å². The third kappa shape index (κ3) is 2.58. The molecule has 1 aliphatic heterocycles. The van der Waals surface area contributed by atoms with Crippen molar-refractivity contribution in [3.8, 4) is 0 Å². The van der Waals surface area contributed by atoms with Crippen molar-refractivity contribution in [1.29, 1.82) is 0 Å². The highest BCUT2D eigenvalue weighted by Gasteiger charge is 2.43. The highest BCUT2D eigenvalue weighted by atomic mass is 16.4. The van der Waals surface area contributed by atoms with Crippen LogP contribution in [0.25, 0.3) is 0 Å². The number of hydrogen-bond donors (Lipinski definition) is 3. The van der Waals surface area contributed by atoms with Gasteiger partial charge in [0, 0.05) is 13.1 Å². The maximum absolute atomic E-state index is 12.0. The molecule has 18 heavy (non-hydrogen) atoms. The fraction of sp³-hybridized carbons (Fsp3) is 0.833. The van der Waals surface area contributed by atoms with E-state index in [4.69, 9.17) is 0 Å². The molecule has 2 amide bonds. The topological polar surface area (TPSA) is 89.9 Å². The number of aliphatic hydroxyl groups excluding tert-OH is 1. The summed E-state index contributed by atoms with van der Waals surface area (Å²) in [5, 5.41) is 21.5. The van der Waals surface area contributed by atoms with Crippen molar-refractivity contribution < 1.29 is 19.8 Å². The van der Waals surface area contributed by atoms with Crippen molar-refractivity contribution in [3.63, 3.8) is 0 Å². The molecule has 0 spiro atoms. The molecule has 1 saturated heterocycles. The lowest BCUT2D eigenvalue weighted by molar-refractivity contribution is -0.144. The van der Waals surface area contributed by atoms with Gasteiger partial charge < -0.3 is 20.4 Å². The molecule has 2 aliphatic rings. The van der Waals surface area contributed by atoms with Gasteiger partial charge in [-0.05, 0) is 25.7 Å². The number of amides is 2. The Morgan fingerprint density at radius 2 is 1.89 bits per heavy atom. The van der Waals surface area contributed by atoms with Crippen LogP contribution in [0.5, 0.6) is 0 Å². The van der Waals surface area contributed by atoms with E-state index in [1.807, 2.05) is 0 Å². The molecule has 1 heterocycles. The number of carboxylic acid groups (broad SMARTS) is 1. The van der Waals surface area contributed by atoms with Crippen LogP contribution in [0, 0.1) is 0 Å². The van der Waals surface area contributed by atoms with Crippen LogP contribution in [0.15, 0.2) is 0 Å². The van der Waals surface area contributed by atoms with Crippen molar-refractivity contribution in [2.75, 3.05) is 13.1 Å². The summed E-state index contributed by atoms with van der Waals surface area (Å²) in [4.78, 5) is 24.9. The number of aliphatic carboxylic acids is 1. The van der Waals surface area contributed by atoms with Gasteiger partial charge in [-0.1, -0.05) is 12.8 Å². The van der Waals surface area contributed by atoms with E-state index in [2.05, 4.69) is 5.32 Å². The second kappa shape index (κ2) is 5.14. The Balaban J connectivity index is 1.99. The Labute approximate surface area is 106 Å². The predicted molar refractivity (Wildman–Crippen MR) is 64.2 cm³/mol. The molecule has 0 radical (unpaired) electrons. The first-order chi connectivity index (χ1) is 8.53. The Hall–Kier alpha value is -1.30. The van der Waals surface area contributed by atoms with Crippen LogP contribution in [0.2, 0.25) is 0 Å². The summed E-state index contributed by atoms with van der Waals surface area (Å²) in [6, 6.07) is -0.363. The molecular formula is C12H20N2O4. The van der Waals surface area contributed by atoms with Gasteiger partial charge in [-0.25, -0.2) is 9.59 Å². The average Bonchev–Trinajstić information content (AvgIpc) is 2.79. The molecule has 6 heteroatoms.